The van der Waals surface area contributed by atoms with Crippen LogP contribution in [0.25, 0.3) is 0 Å². The zero-order chi connectivity index (χ0) is 14.2. The highest BCUT2D eigenvalue weighted by Crippen LogP contribution is 2.41. The van der Waals surface area contributed by atoms with E-state index in [-0.39, 0.29) is 0 Å². The number of benzene rings is 2. The first-order valence-electron chi connectivity index (χ1n) is 7.44. The van der Waals surface area contributed by atoms with Crippen LogP contribution >= 0.6 is 11.8 Å². The predicted molar refractivity (Wildman–Crippen MR) is 91.0 cm³/mol. The van der Waals surface area contributed by atoms with Gasteiger partial charge in [0, 0.05) is 33.3 Å². The fourth-order valence-electron chi connectivity index (χ4n) is 3.25. The van der Waals surface area contributed by atoms with Gasteiger partial charge in [-0.3, -0.25) is 4.21 Å². The molecule has 2 unspecified atom stereocenters. The first-order valence-corrected chi connectivity index (χ1v) is 9.98. The Kier molecular flexibility index (Phi) is 3.64. The maximum absolute atomic E-state index is 11.7. The predicted octanol–water partition coefficient (Wildman–Crippen LogP) is 4.02. The van der Waals surface area contributed by atoms with Crippen molar-refractivity contribution in [2.24, 2.45) is 0 Å². The van der Waals surface area contributed by atoms with E-state index in [0.29, 0.717) is 5.25 Å². The van der Waals surface area contributed by atoms with E-state index in [1.165, 1.54) is 27.8 Å². The van der Waals surface area contributed by atoms with Crippen molar-refractivity contribution in [2.45, 2.75) is 29.6 Å². The first kappa shape index (κ1) is 13.6. The molecule has 3 heteroatoms. The van der Waals surface area contributed by atoms with Gasteiger partial charge in [0.05, 0.1) is 0 Å². The minimum atomic E-state index is -0.648. The Morgan fingerprint density at radius 2 is 1.86 bits per heavy atom. The number of thioether (sulfide) groups is 1. The molecule has 0 saturated carbocycles. The highest BCUT2D eigenvalue weighted by atomic mass is 32.2. The van der Waals surface area contributed by atoms with Crippen LogP contribution < -0.4 is 0 Å². The van der Waals surface area contributed by atoms with E-state index in [1.54, 1.807) is 0 Å². The summed E-state index contributed by atoms with van der Waals surface area (Å²) < 4.78 is 11.7. The smallest absolute Gasteiger partial charge is 0.0488 e. The third-order valence-corrected chi connectivity index (χ3v) is 7.09. The molecule has 2 aliphatic heterocycles. The van der Waals surface area contributed by atoms with Gasteiger partial charge < -0.3 is 0 Å². The first-order chi connectivity index (χ1) is 10.3. The van der Waals surface area contributed by atoms with Crippen molar-refractivity contribution < 1.29 is 4.21 Å². The standard InChI is InChI=1S/C18H18OS2/c19-21-8-7-14-9-15(5-6-17(14)12-21)18-10-13-3-1-2-4-16(13)11-20-18/h1-6,9,18H,7-8,10-12H2. The monoisotopic (exact) mass is 314 g/mol. The molecule has 2 atom stereocenters. The van der Waals surface area contributed by atoms with E-state index in [9.17, 15) is 4.21 Å². The lowest BCUT2D eigenvalue weighted by Gasteiger charge is -2.26. The minimum absolute atomic E-state index is 0.567. The van der Waals surface area contributed by atoms with E-state index >= 15 is 0 Å². The van der Waals surface area contributed by atoms with Gasteiger partial charge >= 0.3 is 0 Å². The summed E-state index contributed by atoms with van der Waals surface area (Å²) in [5, 5.41) is 0.567. The zero-order valence-electron chi connectivity index (χ0n) is 11.9. The second-order valence-electron chi connectivity index (χ2n) is 5.84. The molecule has 0 aromatic heterocycles. The molecule has 0 spiro atoms. The molecule has 0 amide bonds. The van der Waals surface area contributed by atoms with Gasteiger partial charge in [-0.15, -0.1) is 11.8 Å². The Labute approximate surface area is 132 Å². The maximum Gasteiger partial charge on any atom is 0.0488 e. The largest absolute Gasteiger partial charge is 0.259 e. The summed E-state index contributed by atoms with van der Waals surface area (Å²) >= 11 is 2.05. The third-order valence-electron chi connectivity index (χ3n) is 4.48. The number of hydrogen-bond acceptors (Lipinski definition) is 2. The Balaban J connectivity index is 1.62. The number of rotatable bonds is 1. The molecule has 0 bridgehead atoms. The summed E-state index contributed by atoms with van der Waals surface area (Å²) in [5.74, 6) is 2.69. The van der Waals surface area contributed by atoms with Gasteiger partial charge in [0.1, 0.15) is 0 Å². The quantitative estimate of drug-likeness (QED) is 0.791. The molecule has 0 fully saturated rings. The summed E-state index contributed by atoms with van der Waals surface area (Å²) in [7, 11) is -0.648. The van der Waals surface area contributed by atoms with E-state index < -0.39 is 10.8 Å². The summed E-state index contributed by atoms with van der Waals surface area (Å²) in [6.45, 7) is 0. The van der Waals surface area contributed by atoms with Crippen molar-refractivity contribution in [3.63, 3.8) is 0 Å². The molecule has 1 nitrogen and oxygen atoms in total. The highest BCUT2D eigenvalue weighted by Gasteiger charge is 2.22. The lowest BCUT2D eigenvalue weighted by Crippen LogP contribution is -2.14. The molecule has 0 radical (unpaired) electrons. The molecule has 2 heterocycles. The average molecular weight is 314 g/mol. The van der Waals surface area contributed by atoms with Crippen LogP contribution in [-0.4, -0.2) is 9.96 Å². The molecule has 0 saturated heterocycles. The van der Waals surface area contributed by atoms with E-state index in [4.69, 9.17) is 0 Å². The number of fused-ring (bicyclic) bond motifs is 2. The lowest BCUT2D eigenvalue weighted by molar-refractivity contribution is 0.679. The SMILES string of the molecule is O=S1CCc2cc(C3Cc4ccccc4CS3)ccc2C1. The Morgan fingerprint density at radius 1 is 1.00 bits per heavy atom. The van der Waals surface area contributed by atoms with Crippen molar-refractivity contribution in [1.29, 1.82) is 0 Å². The highest BCUT2D eigenvalue weighted by molar-refractivity contribution is 7.98. The molecule has 0 aliphatic carbocycles. The zero-order valence-corrected chi connectivity index (χ0v) is 13.5. The lowest BCUT2D eigenvalue weighted by atomic mass is 9.96. The average Bonchev–Trinajstić information content (AvgIpc) is 2.54. The number of aryl methyl sites for hydroxylation is 1. The van der Waals surface area contributed by atoms with Crippen LogP contribution in [-0.2, 0) is 35.1 Å². The van der Waals surface area contributed by atoms with Gasteiger partial charge in [-0.2, -0.15) is 0 Å². The van der Waals surface area contributed by atoms with Gasteiger partial charge in [-0.1, -0.05) is 42.5 Å². The van der Waals surface area contributed by atoms with Gasteiger partial charge in [0.15, 0.2) is 0 Å². The van der Waals surface area contributed by atoms with Crippen LogP contribution in [0.1, 0.15) is 33.1 Å². The molecule has 4 rings (SSSR count). The van der Waals surface area contributed by atoms with Crippen molar-refractivity contribution in [1.82, 2.24) is 0 Å². The fourth-order valence-corrected chi connectivity index (χ4v) is 5.77. The summed E-state index contributed by atoms with van der Waals surface area (Å²) in [6.07, 6.45) is 2.11. The Hall–Kier alpha value is -1.06. The fraction of sp³-hybridized carbons (Fsp3) is 0.333. The Bertz CT molecular complexity index is 708. The topological polar surface area (TPSA) is 17.1 Å². The summed E-state index contributed by atoms with van der Waals surface area (Å²) in [4.78, 5) is 0. The molecule has 21 heavy (non-hydrogen) atoms. The molecule has 2 aromatic carbocycles. The number of hydrogen-bond donors (Lipinski definition) is 0. The van der Waals surface area contributed by atoms with Crippen molar-refractivity contribution in [3.05, 3.63) is 70.3 Å². The molecule has 0 N–H and O–H groups in total. The minimum Gasteiger partial charge on any atom is -0.259 e. The second-order valence-corrected chi connectivity index (χ2v) is 8.61. The van der Waals surface area contributed by atoms with Crippen LogP contribution in [0.2, 0.25) is 0 Å². The second kappa shape index (κ2) is 5.62. The molecular formula is C18H18OS2. The van der Waals surface area contributed by atoms with E-state index in [2.05, 4.69) is 54.2 Å². The van der Waals surface area contributed by atoms with Gasteiger partial charge in [-0.05, 0) is 40.7 Å². The summed E-state index contributed by atoms with van der Waals surface area (Å²) in [5.41, 5.74) is 7.16. The van der Waals surface area contributed by atoms with E-state index in [0.717, 1.165) is 30.1 Å². The van der Waals surface area contributed by atoms with Crippen LogP contribution in [0.3, 0.4) is 0 Å². The normalized spacial score (nSPS) is 24.2. The van der Waals surface area contributed by atoms with E-state index in [1.807, 2.05) is 0 Å². The third kappa shape index (κ3) is 2.69. The van der Waals surface area contributed by atoms with Crippen LogP contribution in [0.5, 0.6) is 0 Å². The Morgan fingerprint density at radius 3 is 2.76 bits per heavy atom. The molecule has 2 aromatic rings. The summed E-state index contributed by atoms with van der Waals surface area (Å²) in [6, 6.07) is 15.6. The van der Waals surface area contributed by atoms with Crippen molar-refractivity contribution in [3.8, 4) is 0 Å². The van der Waals surface area contributed by atoms with Crippen LogP contribution in [0.4, 0.5) is 0 Å². The van der Waals surface area contributed by atoms with Crippen LogP contribution in [0.15, 0.2) is 42.5 Å². The van der Waals surface area contributed by atoms with Gasteiger partial charge in [-0.25, -0.2) is 0 Å². The molecular weight excluding hydrogens is 296 g/mol. The van der Waals surface area contributed by atoms with Gasteiger partial charge in [0.25, 0.3) is 0 Å². The maximum atomic E-state index is 11.7. The van der Waals surface area contributed by atoms with Crippen LogP contribution in [0, 0.1) is 0 Å². The molecule has 108 valence electrons. The van der Waals surface area contributed by atoms with Gasteiger partial charge in [0.2, 0.25) is 0 Å². The van der Waals surface area contributed by atoms with Crippen molar-refractivity contribution >= 4 is 22.6 Å². The molecule has 2 aliphatic rings. The van der Waals surface area contributed by atoms with Crippen molar-refractivity contribution in [2.75, 3.05) is 5.75 Å².